The standard InChI is InChI=1S/C11H16N6/c1-17-3-2-11(16-17)13-5-8-4-9-10(6-12-8)15-7-14-9/h2-3,7-8,12H,4-6H2,1H3,(H,13,16)(H,14,15). The van der Waals surface area contributed by atoms with Crippen molar-refractivity contribution >= 4 is 5.82 Å². The summed E-state index contributed by atoms with van der Waals surface area (Å²) in [6, 6.07) is 2.39. The van der Waals surface area contributed by atoms with Gasteiger partial charge in [0.15, 0.2) is 0 Å². The van der Waals surface area contributed by atoms with E-state index < -0.39 is 0 Å². The van der Waals surface area contributed by atoms with Crippen molar-refractivity contribution in [1.82, 2.24) is 25.1 Å². The van der Waals surface area contributed by atoms with Crippen LogP contribution >= 0.6 is 0 Å². The molecule has 0 bridgehead atoms. The first-order chi connectivity index (χ1) is 8.31. The van der Waals surface area contributed by atoms with E-state index in [9.17, 15) is 0 Å². The summed E-state index contributed by atoms with van der Waals surface area (Å²) in [5, 5.41) is 11.1. The van der Waals surface area contributed by atoms with Crippen molar-refractivity contribution < 1.29 is 0 Å². The molecule has 17 heavy (non-hydrogen) atoms. The second-order valence-corrected chi connectivity index (χ2v) is 4.37. The number of nitrogens with one attached hydrogen (secondary N) is 3. The van der Waals surface area contributed by atoms with Gasteiger partial charge in [0.25, 0.3) is 0 Å². The summed E-state index contributed by atoms with van der Waals surface area (Å²) in [4.78, 5) is 7.47. The summed E-state index contributed by atoms with van der Waals surface area (Å²) in [6.07, 6.45) is 4.65. The molecule has 0 saturated heterocycles. The highest BCUT2D eigenvalue weighted by Crippen LogP contribution is 2.12. The number of rotatable bonds is 3. The second-order valence-electron chi connectivity index (χ2n) is 4.37. The maximum Gasteiger partial charge on any atom is 0.148 e. The van der Waals surface area contributed by atoms with Crippen molar-refractivity contribution in [2.45, 2.75) is 19.0 Å². The Kier molecular flexibility index (Phi) is 2.56. The molecule has 1 unspecified atom stereocenters. The third-order valence-corrected chi connectivity index (χ3v) is 3.06. The molecule has 1 aliphatic rings. The molecule has 6 heteroatoms. The number of H-pyrrole nitrogens is 1. The monoisotopic (exact) mass is 232 g/mol. The fourth-order valence-electron chi connectivity index (χ4n) is 2.11. The summed E-state index contributed by atoms with van der Waals surface area (Å²) in [5.74, 6) is 0.919. The molecule has 3 rings (SSSR count). The molecule has 3 N–H and O–H groups in total. The number of anilines is 1. The van der Waals surface area contributed by atoms with E-state index in [4.69, 9.17) is 0 Å². The molecule has 2 aromatic heterocycles. The van der Waals surface area contributed by atoms with Gasteiger partial charge in [0.2, 0.25) is 0 Å². The van der Waals surface area contributed by atoms with Gasteiger partial charge in [-0.1, -0.05) is 0 Å². The highest BCUT2D eigenvalue weighted by atomic mass is 15.3. The van der Waals surface area contributed by atoms with Crippen LogP contribution in [0.25, 0.3) is 0 Å². The predicted octanol–water partition coefficient (Wildman–Crippen LogP) is 0.270. The molecule has 0 amide bonds. The maximum atomic E-state index is 4.32. The van der Waals surface area contributed by atoms with E-state index in [1.807, 2.05) is 19.3 Å². The van der Waals surface area contributed by atoms with Crippen LogP contribution in [0.2, 0.25) is 0 Å². The van der Waals surface area contributed by atoms with Gasteiger partial charge in [-0.3, -0.25) is 4.68 Å². The minimum Gasteiger partial charge on any atom is -0.367 e. The first-order valence-electron chi connectivity index (χ1n) is 5.79. The van der Waals surface area contributed by atoms with E-state index in [1.54, 1.807) is 11.0 Å². The number of aromatic amines is 1. The minimum absolute atomic E-state index is 0.410. The maximum absolute atomic E-state index is 4.32. The molecule has 6 nitrogen and oxygen atoms in total. The SMILES string of the molecule is Cn1ccc(NCC2Cc3nc[nH]c3CN2)n1. The van der Waals surface area contributed by atoms with Crippen LogP contribution in [-0.4, -0.2) is 32.3 Å². The number of aryl methyl sites for hydroxylation is 1. The van der Waals surface area contributed by atoms with Crippen LogP contribution in [-0.2, 0) is 20.0 Å². The fourth-order valence-corrected chi connectivity index (χ4v) is 2.11. The Morgan fingerprint density at radius 1 is 1.59 bits per heavy atom. The van der Waals surface area contributed by atoms with Crippen LogP contribution < -0.4 is 10.6 Å². The Hall–Kier alpha value is -1.82. The molecule has 1 atom stereocenters. The lowest BCUT2D eigenvalue weighted by Crippen LogP contribution is -2.40. The molecule has 1 aliphatic heterocycles. The smallest absolute Gasteiger partial charge is 0.148 e. The lowest BCUT2D eigenvalue weighted by Gasteiger charge is -2.23. The zero-order chi connectivity index (χ0) is 11.7. The van der Waals surface area contributed by atoms with Crippen LogP contribution in [0.5, 0.6) is 0 Å². The number of fused-ring (bicyclic) bond motifs is 1. The Labute approximate surface area is 99.4 Å². The van der Waals surface area contributed by atoms with Gasteiger partial charge in [-0.05, 0) is 0 Å². The van der Waals surface area contributed by atoms with Gasteiger partial charge in [0.1, 0.15) is 5.82 Å². The van der Waals surface area contributed by atoms with Gasteiger partial charge in [0.05, 0.1) is 17.7 Å². The Balaban J connectivity index is 1.57. The van der Waals surface area contributed by atoms with Crippen LogP contribution in [0.1, 0.15) is 11.4 Å². The lowest BCUT2D eigenvalue weighted by molar-refractivity contribution is 0.487. The third-order valence-electron chi connectivity index (χ3n) is 3.06. The lowest BCUT2D eigenvalue weighted by atomic mass is 10.1. The van der Waals surface area contributed by atoms with E-state index in [2.05, 4.69) is 25.7 Å². The highest BCUT2D eigenvalue weighted by Gasteiger charge is 2.19. The topological polar surface area (TPSA) is 70.6 Å². The fraction of sp³-hybridized carbons (Fsp3) is 0.455. The van der Waals surface area contributed by atoms with Crippen molar-refractivity contribution in [2.24, 2.45) is 7.05 Å². The van der Waals surface area contributed by atoms with Crippen LogP contribution in [0.15, 0.2) is 18.6 Å². The van der Waals surface area contributed by atoms with Crippen LogP contribution in [0.3, 0.4) is 0 Å². The van der Waals surface area contributed by atoms with Crippen molar-refractivity contribution in [3.05, 3.63) is 30.0 Å². The van der Waals surface area contributed by atoms with Gasteiger partial charge >= 0.3 is 0 Å². The third kappa shape index (κ3) is 2.16. The Morgan fingerprint density at radius 2 is 2.53 bits per heavy atom. The van der Waals surface area contributed by atoms with Crippen molar-refractivity contribution in [3.8, 4) is 0 Å². The number of hydrogen-bond donors (Lipinski definition) is 3. The first-order valence-corrected chi connectivity index (χ1v) is 5.79. The molecule has 0 aliphatic carbocycles. The molecule has 2 aromatic rings. The van der Waals surface area contributed by atoms with Gasteiger partial charge in [0, 0.05) is 44.9 Å². The largest absolute Gasteiger partial charge is 0.367 e. The predicted molar refractivity (Wildman–Crippen MR) is 64.6 cm³/mol. The molecule has 3 heterocycles. The number of imidazole rings is 1. The average Bonchev–Trinajstić information content (AvgIpc) is 2.94. The average molecular weight is 232 g/mol. The molecule has 0 spiro atoms. The summed E-state index contributed by atoms with van der Waals surface area (Å²) >= 11 is 0. The van der Waals surface area contributed by atoms with E-state index in [-0.39, 0.29) is 0 Å². The van der Waals surface area contributed by atoms with Gasteiger partial charge in [-0.25, -0.2) is 4.98 Å². The first kappa shape index (κ1) is 10.3. The van der Waals surface area contributed by atoms with Gasteiger partial charge in [-0.2, -0.15) is 5.10 Å². The van der Waals surface area contributed by atoms with Crippen molar-refractivity contribution in [1.29, 1.82) is 0 Å². The highest BCUT2D eigenvalue weighted by molar-refractivity contribution is 5.32. The molecule has 0 fully saturated rings. The van der Waals surface area contributed by atoms with Crippen molar-refractivity contribution in [2.75, 3.05) is 11.9 Å². The van der Waals surface area contributed by atoms with E-state index in [0.29, 0.717) is 6.04 Å². The molecule has 0 radical (unpaired) electrons. The van der Waals surface area contributed by atoms with Crippen LogP contribution in [0.4, 0.5) is 5.82 Å². The van der Waals surface area contributed by atoms with E-state index >= 15 is 0 Å². The quantitative estimate of drug-likeness (QED) is 0.710. The van der Waals surface area contributed by atoms with Crippen LogP contribution in [0, 0.1) is 0 Å². The normalized spacial score (nSPS) is 19.0. The van der Waals surface area contributed by atoms with E-state index in [0.717, 1.165) is 25.3 Å². The molecule has 90 valence electrons. The van der Waals surface area contributed by atoms with E-state index in [1.165, 1.54) is 11.4 Å². The Bertz CT molecular complexity index is 500. The molecule has 0 saturated carbocycles. The zero-order valence-electron chi connectivity index (χ0n) is 9.77. The Morgan fingerprint density at radius 3 is 3.35 bits per heavy atom. The number of nitrogens with zero attached hydrogens (tertiary/aromatic N) is 3. The van der Waals surface area contributed by atoms with Gasteiger partial charge < -0.3 is 15.6 Å². The molecular weight excluding hydrogens is 216 g/mol. The van der Waals surface area contributed by atoms with Gasteiger partial charge in [-0.15, -0.1) is 0 Å². The summed E-state index contributed by atoms with van der Waals surface area (Å²) in [6.45, 7) is 1.73. The summed E-state index contributed by atoms with van der Waals surface area (Å²) in [7, 11) is 1.92. The zero-order valence-corrected chi connectivity index (χ0v) is 9.77. The minimum atomic E-state index is 0.410. The number of hydrogen-bond acceptors (Lipinski definition) is 4. The second kappa shape index (κ2) is 4.21. The summed E-state index contributed by atoms with van der Waals surface area (Å²) in [5.41, 5.74) is 2.38. The molecule has 0 aromatic carbocycles. The number of aromatic nitrogens is 4. The summed E-state index contributed by atoms with van der Waals surface area (Å²) < 4.78 is 1.79. The van der Waals surface area contributed by atoms with Crippen molar-refractivity contribution in [3.63, 3.8) is 0 Å². The molecular formula is C11H16N6.